The summed E-state index contributed by atoms with van der Waals surface area (Å²) >= 11 is 0. The SMILES string of the molecule is CCc1ccc(OC)c(C(C#N)C2CCCCC2)c1. The first kappa shape index (κ1) is 13.9. The minimum atomic E-state index is -0.0123. The van der Waals surface area contributed by atoms with Crippen LogP contribution < -0.4 is 4.74 Å². The molecule has 2 nitrogen and oxygen atoms in total. The average Bonchev–Trinajstić information content (AvgIpc) is 2.49. The van der Waals surface area contributed by atoms with E-state index >= 15 is 0 Å². The van der Waals surface area contributed by atoms with Crippen LogP contribution in [-0.4, -0.2) is 7.11 Å². The molecule has 0 aliphatic heterocycles. The standard InChI is InChI=1S/C17H23NO/c1-3-13-9-10-17(19-2)15(11-13)16(12-18)14-7-5-4-6-8-14/h9-11,14,16H,3-8H2,1-2H3. The van der Waals surface area contributed by atoms with Gasteiger partial charge in [0.05, 0.1) is 19.1 Å². The number of hydrogen-bond acceptors (Lipinski definition) is 2. The lowest BCUT2D eigenvalue weighted by atomic mass is 9.77. The lowest BCUT2D eigenvalue weighted by Crippen LogP contribution is -2.16. The second kappa shape index (κ2) is 6.61. The molecular weight excluding hydrogens is 234 g/mol. The molecule has 0 aromatic heterocycles. The van der Waals surface area contributed by atoms with Crippen molar-refractivity contribution in [1.29, 1.82) is 5.26 Å². The van der Waals surface area contributed by atoms with Crippen LogP contribution in [0.2, 0.25) is 0 Å². The maximum Gasteiger partial charge on any atom is 0.123 e. The fraction of sp³-hybridized carbons (Fsp3) is 0.588. The number of benzene rings is 1. The van der Waals surface area contributed by atoms with Gasteiger partial charge in [-0.2, -0.15) is 5.26 Å². The molecule has 2 rings (SSSR count). The Balaban J connectivity index is 2.33. The van der Waals surface area contributed by atoms with E-state index in [1.807, 2.05) is 6.07 Å². The highest BCUT2D eigenvalue weighted by atomic mass is 16.5. The van der Waals surface area contributed by atoms with Gasteiger partial charge in [-0.05, 0) is 36.8 Å². The summed E-state index contributed by atoms with van der Waals surface area (Å²) in [5.74, 6) is 1.36. The topological polar surface area (TPSA) is 33.0 Å². The molecule has 1 fully saturated rings. The molecule has 0 heterocycles. The summed E-state index contributed by atoms with van der Waals surface area (Å²) in [6, 6.07) is 8.81. The van der Waals surface area contributed by atoms with Crippen molar-refractivity contribution in [3.63, 3.8) is 0 Å². The Labute approximate surface area is 116 Å². The van der Waals surface area contributed by atoms with Crippen LogP contribution in [-0.2, 0) is 6.42 Å². The monoisotopic (exact) mass is 257 g/mol. The van der Waals surface area contributed by atoms with Gasteiger partial charge in [-0.1, -0.05) is 38.3 Å². The molecule has 0 amide bonds. The van der Waals surface area contributed by atoms with E-state index in [9.17, 15) is 5.26 Å². The van der Waals surface area contributed by atoms with E-state index < -0.39 is 0 Å². The highest BCUT2D eigenvalue weighted by Crippen LogP contribution is 2.39. The van der Waals surface area contributed by atoms with E-state index in [1.54, 1.807) is 7.11 Å². The summed E-state index contributed by atoms with van der Waals surface area (Å²) in [5, 5.41) is 9.61. The van der Waals surface area contributed by atoms with E-state index in [1.165, 1.54) is 37.7 Å². The predicted molar refractivity (Wildman–Crippen MR) is 77.3 cm³/mol. The van der Waals surface area contributed by atoms with Gasteiger partial charge >= 0.3 is 0 Å². The van der Waals surface area contributed by atoms with E-state index in [0.717, 1.165) is 17.7 Å². The van der Waals surface area contributed by atoms with Gasteiger partial charge in [0.15, 0.2) is 0 Å². The first-order valence-corrected chi connectivity index (χ1v) is 7.36. The molecule has 0 bridgehead atoms. The zero-order valence-electron chi connectivity index (χ0n) is 12.0. The Morgan fingerprint density at radius 1 is 1.32 bits per heavy atom. The van der Waals surface area contributed by atoms with Crippen LogP contribution in [0.1, 0.15) is 56.1 Å². The van der Waals surface area contributed by atoms with Crippen LogP contribution in [0.3, 0.4) is 0 Å². The molecular formula is C17H23NO. The minimum Gasteiger partial charge on any atom is -0.496 e. The third kappa shape index (κ3) is 3.10. The summed E-state index contributed by atoms with van der Waals surface area (Å²) in [4.78, 5) is 0. The molecule has 0 radical (unpaired) electrons. The zero-order chi connectivity index (χ0) is 13.7. The first-order valence-electron chi connectivity index (χ1n) is 7.36. The van der Waals surface area contributed by atoms with Crippen molar-refractivity contribution in [2.24, 2.45) is 5.92 Å². The number of ether oxygens (including phenoxy) is 1. The molecule has 0 N–H and O–H groups in total. The summed E-state index contributed by atoms with van der Waals surface area (Å²) in [6.07, 6.45) is 7.20. The largest absolute Gasteiger partial charge is 0.496 e. The smallest absolute Gasteiger partial charge is 0.123 e. The van der Waals surface area contributed by atoms with Gasteiger partial charge in [-0.25, -0.2) is 0 Å². The van der Waals surface area contributed by atoms with E-state index in [4.69, 9.17) is 4.74 Å². The number of nitrogens with zero attached hydrogens (tertiary/aromatic N) is 1. The van der Waals surface area contributed by atoms with E-state index in [-0.39, 0.29) is 5.92 Å². The van der Waals surface area contributed by atoms with Crippen molar-refractivity contribution in [2.75, 3.05) is 7.11 Å². The third-order valence-electron chi connectivity index (χ3n) is 4.30. The molecule has 19 heavy (non-hydrogen) atoms. The molecule has 102 valence electrons. The molecule has 0 spiro atoms. The van der Waals surface area contributed by atoms with Gasteiger partial charge in [-0.3, -0.25) is 0 Å². The Morgan fingerprint density at radius 3 is 2.63 bits per heavy atom. The number of aryl methyl sites for hydroxylation is 1. The van der Waals surface area contributed by atoms with E-state index in [0.29, 0.717) is 5.92 Å². The summed E-state index contributed by atoms with van der Waals surface area (Å²) < 4.78 is 5.47. The Kier molecular flexibility index (Phi) is 4.85. The first-order chi connectivity index (χ1) is 9.30. The Hall–Kier alpha value is -1.49. The number of methoxy groups -OCH3 is 1. The maximum absolute atomic E-state index is 9.61. The van der Waals surface area contributed by atoms with Crippen LogP contribution in [0.25, 0.3) is 0 Å². The fourth-order valence-electron chi connectivity index (χ4n) is 3.14. The molecule has 2 heteroatoms. The lowest BCUT2D eigenvalue weighted by Gasteiger charge is -2.27. The van der Waals surface area contributed by atoms with Gasteiger partial charge in [0, 0.05) is 5.56 Å². The summed E-state index contributed by atoms with van der Waals surface area (Å²) in [5.41, 5.74) is 2.38. The quantitative estimate of drug-likeness (QED) is 0.798. The highest BCUT2D eigenvalue weighted by Gasteiger charge is 2.27. The van der Waals surface area contributed by atoms with Crippen molar-refractivity contribution in [3.05, 3.63) is 29.3 Å². The van der Waals surface area contributed by atoms with Crippen LogP contribution in [0.15, 0.2) is 18.2 Å². The van der Waals surface area contributed by atoms with Gasteiger partial charge < -0.3 is 4.74 Å². The third-order valence-corrected chi connectivity index (χ3v) is 4.30. The van der Waals surface area contributed by atoms with Crippen LogP contribution in [0.5, 0.6) is 5.75 Å². The molecule has 1 aliphatic carbocycles. The average molecular weight is 257 g/mol. The summed E-state index contributed by atoms with van der Waals surface area (Å²) in [7, 11) is 1.69. The second-order valence-corrected chi connectivity index (χ2v) is 5.43. The predicted octanol–water partition coefficient (Wildman–Crippen LogP) is 4.45. The van der Waals surface area contributed by atoms with Crippen LogP contribution >= 0.6 is 0 Å². The molecule has 0 saturated heterocycles. The molecule has 1 aromatic rings. The number of rotatable bonds is 4. The van der Waals surface area contributed by atoms with Gasteiger partial charge in [0.2, 0.25) is 0 Å². The fourth-order valence-corrected chi connectivity index (χ4v) is 3.14. The normalized spacial score (nSPS) is 17.7. The molecule has 1 saturated carbocycles. The van der Waals surface area contributed by atoms with Gasteiger partial charge in [0.1, 0.15) is 5.75 Å². The maximum atomic E-state index is 9.61. The molecule has 1 unspecified atom stereocenters. The lowest BCUT2D eigenvalue weighted by molar-refractivity contribution is 0.327. The van der Waals surface area contributed by atoms with E-state index in [2.05, 4.69) is 25.1 Å². The number of hydrogen-bond donors (Lipinski definition) is 0. The molecule has 1 atom stereocenters. The molecule has 1 aromatic carbocycles. The highest BCUT2D eigenvalue weighted by molar-refractivity contribution is 5.42. The summed E-state index contributed by atoms with van der Waals surface area (Å²) in [6.45, 7) is 2.15. The van der Waals surface area contributed by atoms with Crippen molar-refractivity contribution in [1.82, 2.24) is 0 Å². The second-order valence-electron chi connectivity index (χ2n) is 5.43. The van der Waals surface area contributed by atoms with Crippen molar-refractivity contribution in [2.45, 2.75) is 51.4 Å². The number of nitriles is 1. The van der Waals surface area contributed by atoms with Crippen LogP contribution in [0.4, 0.5) is 0 Å². The molecule has 1 aliphatic rings. The van der Waals surface area contributed by atoms with Crippen molar-refractivity contribution < 1.29 is 4.74 Å². The Bertz CT molecular complexity index is 455. The van der Waals surface area contributed by atoms with Crippen molar-refractivity contribution >= 4 is 0 Å². The zero-order valence-corrected chi connectivity index (χ0v) is 12.0. The minimum absolute atomic E-state index is 0.0123. The van der Waals surface area contributed by atoms with Gasteiger partial charge in [0.25, 0.3) is 0 Å². The van der Waals surface area contributed by atoms with Gasteiger partial charge in [-0.15, -0.1) is 0 Å². The van der Waals surface area contributed by atoms with Crippen molar-refractivity contribution in [3.8, 4) is 11.8 Å². The Morgan fingerprint density at radius 2 is 2.05 bits per heavy atom. The van der Waals surface area contributed by atoms with Crippen LogP contribution in [0, 0.1) is 17.2 Å².